The van der Waals surface area contributed by atoms with E-state index in [9.17, 15) is 4.79 Å². The number of rotatable bonds is 3. The van der Waals surface area contributed by atoms with Gasteiger partial charge in [-0.15, -0.1) is 10.2 Å². The number of aryl methyl sites for hydroxylation is 3. The lowest BCUT2D eigenvalue weighted by molar-refractivity contribution is 0.812. The molecule has 0 fully saturated rings. The van der Waals surface area contributed by atoms with Gasteiger partial charge in [0.15, 0.2) is 0 Å². The number of nitrogens with zero attached hydrogens (tertiary/aromatic N) is 4. The molecule has 2 aromatic heterocycles. The molecule has 0 aliphatic rings. The molecule has 0 atom stereocenters. The highest BCUT2D eigenvalue weighted by Crippen LogP contribution is 2.14. The lowest BCUT2D eigenvalue weighted by Gasteiger charge is -2.10. The van der Waals surface area contributed by atoms with Crippen LogP contribution in [0.2, 0.25) is 0 Å². The second-order valence-electron chi connectivity index (χ2n) is 5.32. The quantitative estimate of drug-likeness (QED) is 0.741. The zero-order valence-corrected chi connectivity index (χ0v) is 12.5. The van der Waals surface area contributed by atoms with Crippen molar-refractivity contribution in [3.05, 3.63) is 57.9 Å². The molecular formula is C16H18N4O. The molecular weight excluding hydrogens is 264 g/mol. The Morgan fingerprint density at radius 1 is 1.14 bits per heavy atom. The molecule has 0 unspecified atom stereocenters. The molecule has 0 saturated carbocycles. The van der Waals surface area contributed by atoms with E-state index < -0.39 is 0 Å². The summed E-state index contributed by atoms with van der Waals surface area (Å²) in [7, 11) is 0. The van der Waals surface area contributed by atoms with Crippen LogP contribution in [-0.2, 0) is 6.42 Å². The fourth-order valence-corrected chi connectivity index (χ4v) is 2.50. The smallest absolute Gasteiger partial charge is 0.280 e. The van der Waals surface area contributed by atoms with E-state index in [0.29, 0.717) is 5.65 Å². The summed E-state index contributed by atoms with van der Waals surface area (Å²) in [5, 5.41) is 8.17. The largest absolute Gasteiger partial charge is 0.300 e. The maximum Gasteiger partial charge on any atom is 0.300 e. The summed E-state index contributed by atoms with van der Waals surface area (Å²) in [4.78, 5) is 12.6. The minimum Gasteiger partial charge on any atom is -0.280 e. The molecule has 5 heteroatoms. The molecule has 0 saturated heterocycles. The molecule has 0 radical (unpaired) electrons. The summed E-state index contributed by atoms with van der Waals surface area (Å²) < 4.78 is 3.43. The van der Waals surface area contributed by atoms with Crippen molar-refractivity contribution < 1.29 is 0 Å². The Balaban J connectivity index is 2.23. The van der Waals surface area contributed by atoms with Gasteiger partial charge in [-0.1, -0.05) is 19.1 Å². The molecule has 0 aliphatic carbocycles. The van der Waals surface area contributed by atoms with Crippen molar-refractivity contribution in [2.45, 2.75) is 33.6 Å². The fourth-order valence-electron chi connectivity index (χ4n) is 2.50. The van der Waals surface area contributed by atoms with Crippen LogP contribution in [0.3, 0.4) is 0 Å². The molecule has 3 aromatic rings. The maximum absolute atomic E-state index is 12.6. The highest BCUT2D eigenvalue weighted by Gasteiger charge is 2.12. The topological polar surface area (TPSA) is 52.2 Å². The van der Waals surface area contributed by atoms with Crippen LogP contribution in [0.4, 0.5) is 0 Å². The van der Waals surface area contributed by atoms with Crippen molar-refractivity contribution >= 4 is 5.65 Å². The van der Waals surface area contributed by atoms with E-state index in [1.165, 1.54) is 0 Å². The van der Waals surface area contributed by atoms with Crippen molar-refractivity contribution in [2.24, 2.45) is 0 Å². The number of aromatic nitrogens is 4. The minimum absolute atomic E-state index is 0.138. The van der Waals surface area contributed by atoms with Crippen LogP contribution in [0.5, 0.6) is 0 Å². The Morgan fingerprint density at radius 2 is 1.95 bits per heavy atom. The maximum atomic E-state index is 12.6. The van der Waals surface area contributed by atoms with Gasteiger partial charge in [-0.3, -0.25) is 13.8 Å². The van der Waals surface area contributed by atoms with Crippen molar-refractivity contribution in [1.82, 2.24) is 19.2 Å². The van der Waals surface area contributed by atoms with Crippen LogP contribution in [0.1, 0.15) is 30.3 Å². The normalized spacial score (nSPS) is 11.2. The van der Waals surface area contributed by atoms with Gasteiger partial charge in [0.2, 0.25) is 5.65 Å². The van der Waals surface area contributed by atoms with Gasteiger partial charge in [-0.2, -0.15) is 0 Å². The lowest BCUT2D eigenvalue weighted by Crippen LogP contribution is -2.21. The van der Waals surface area contributed by atoms with Gasteiger partial charge in [-0.05, 0) is 37.5 Å². The third-order valence-electron chi connectivity index (χ3n) is 3.64. The molecule has 0 aliphatic heterocycles. The van der Waals surface area contributed by atoms with Gasteiger partial charge >= 0.3 is 5.56 Å². The number of hydrogen-bond acceptors (Lipinski definition) is 3. The summed E-state index contributed by atoms with van der Waals surface area (Å²) in [5.41, 5.74) is 3.31. The molecule has 2 heterocycles. The monoisotopic (exact) mass is 282 g/mol. The first kappa shape index (κ1) is 13.5. The Bertz CT molecular complexity index is 860. The number of hydrogen-bond donors (Lipinski definition) is 0. The Morgan fingerprint density at radius 3 is 2.71 bits per heavy atom. The summed E-state index contributed by atoms with van der Waals surface area (Å²) in [6.07, 6.45) is 5.44. The van der Waals surface area contributed by atoms with Crippen molar-refractivity contribution in [2.75, 3.05) is 0 Å². The van der Waals surface area contributed by atoms with Crippen LogP contribution in [0.15, 0.2) is 35.4 Å². The van der Waals surface area contributed by atoms with Crippen LogP contribution >= 0.6 is 0 Å². The molecule has 0 spiro atoms. The Hall–Kier alpha value is -2.43. The van der Waals surface area contributed by atoms with E-state index in [2.05, 4.69) is 17.1 Å². The lowest BCUT2D eigenvalue weighted by atomic mass is 10.1. The highest BCUT2D eigenvalue weighted by atomic mass is 16.1. The highest BCUT2D eigenvalue weighted by molar-refractivity contribution is 5.46. The van der Waals surface area contributed by atoms with Crippen LogP contribution in [-0.4, -0.2) is 19.2 Å². The van der Waals surface area contributed by atoms with Crippen LogP contribution < -0.4 is 5.56 Å². The second-order valence-corrected chi connectivity index (χ2v) is 5.32. The van der Waals surface area contributed by atoms with E-state index in [4.69, 9.17) is 0 Å². The third-order valence-corrected chi connectivity index (χ3v) is 3.64. The minimum atomic E-state index is -0.138. The fraction of sp³-hybridized carbons (Fsp3) is 0.312. The Kier molecular flexibility index (Phi) is 3.33. The van der Waals surface area contributed by atoms with Crippen molar-refractivity contribution in [1.29, 1.82) is 0 Å². The number of benzene rings is 1. The summed E-state index contributed by atoms with van der Waals surface area (Å²) in [6.45, 7) is 6.10. The van der Waals surface area contributed by atoms with E-state index in [1.807, 2.05) is 38.2 Å². The van der Waals surface area contributed by atoms with Gasteiger partial charge in [0.05, 0.1) is 5.69 Å². The first-order valence-corrected chi connectivity index (χ1v) is 7.14. The zero-order chi connectivity index (χ0) is 15.0. The molecule has 0 amide bonds. The van der Waals surface area contributed by atoms with Crippen LogP contribution in [0.25, 0.3) is 11.3 Å². The molecule has 3 rings (SSSR count). The van der Waals surface area contributed by atoms with E-state index in [-0.39, 0.29) is 5.56 Å². The molecule has 0 N–H and O–H groups in total. The first-order valence-electron chi connectivity index (χ1n) is 7.14. The summed E-state index contributed by atoms with van der Waals surface area (Å²) in [5.74, 6) is 0.831. The molecule has 21 heavy (non-hydrogen) atoms. The molecule has 0 bridgehead atoms. The third kappa shape index (κ3) is 2.24. The average molecular weight is 282 g/mol. The van der Waals surface area contributed by atoms with E-state index in [0.717, 1.165) is 35.5 Å². The molecule has 1 aromatic carbocycles. The second kappa shape index (κ2) is 5.16. The first-order chi connectivity index (χ1) is 10.1. The Labute approximate surface area is 122 Å². The van der Waals surface area contributed by atoms with Gasteiger partial charge in [0, 0.05) is 18.8 Å². The van der Waals surface area contributed by atoms with Gasteiger partial charge < -0.3 is 0 Å². The van der Waals surface area contributed by atoms with Crippen LogP contribution in [0, 0.1) is 13.8 Å². The number of fused-ring (bicyclic) bond motifs is 1. The standard InChI is InChI=1S/C16H18N4O/c1-4-5-14-17-18-15-16(21)19(8-9-20(14)15)13-10-11(2)6-7-12(13)3/h6-10H,4-5H2,1-3H3. The van der Waals surface area contributed by atoms with Gasteiger partial charge in [-0.25, -0.2) is 0 Å². The van der Waals surface area contributed by atoms with E-state index >= 15 is 0 Å². The summed E-state index contributed by atoms with van der Waals surface area (Å²) >= 11 is 0. The molecule has 5 nitrogen and oxygen atoms in total. The molecule has 108 valence electrons. The zero-order valence-electron chi connectivity index (χ0n) is 12.5. The predicted octanol–water partition coefficient (Wildman–Crippen LogP) is 2.45. The van der Waals surface area contributed by atoms with Crippen molar-refractivity contribution in [3.63, 3.8) is 0 Å². The van der Waals surface area contributed by atoms with Gasteiger partial charge in [0.25, 0.3) is 0 Å². The SMILES string of the molecule is CCCc1nnc2c(=O)n(-c3cc(C)ccc3C)ccn12. The summed E-state index contributed by atoms with van der Waals surface area (Å²) in [6, 6.07) is 6.07. The van der Waals surface area contributed by atoms with Gasteiger partial charge in [0.1, 0.15) is 5.82 Å². The average Bonchev–Trinajstić information content (AvgIpc) is 2.87. The predicted molar refractivity (Wildman–Crippen MR) is 82.1 cm³/mol. The van der Waals surface area contributed by atoms with Crippen molar-refractivity contribution in [3.8, 4) is 5.69 Å². The van der Waals surface area contributed by atoms with E-state index in [1.54, 1.807) is 15.2 Å².